The Morgan fingerprint density at radius 3 is 2.31 bits per heavy atom. The third-order valence-electron chi connectivity index (χ3n) is 8.30. The average molecular weight is 585 g/mol. The highest BCUT2D eigenvalue weighted by molar-refractivity contribution is 6.30. The van der Waals surface area contributed by atoms with Crippen LogP contribution in [0.1, 0.15) is 41.5 Å². The highest BCUT2D eigenvalue weighted by Gasteiger charge is 2.39. The first-order valence-corrected chi connectivity index (χ1v) is 14.8. The third kappa shape index (κ3) is 7.24. The second-order valence-corrected chi connectivity index (χ2v) is 11.4. The summed E-state index contributed by atoms with van der Waals surface area (Å²) in [6.07, 6.45) is 6.07. The van der Waals surface area contributed by atoms with Crippen LogP contribution in [0.2, 0.25) is 5.02 Å². The molecular formula is C33H37ClN6O2. The standard InChI is InChI=1S/C33H37ClN6O2/c34-29-13-10-25(11-14-29)20-30(38-31(41)15-12-26-6-4-5-7-27(26)21-35)32(42)39-18-16-33(17-19-39,22-40-24-36-23-37-40)28-8-2-1-3-9-28/h1-11,13-14,23-24,30H,12,15-22,35H2,(H,38,41)/t30-/m1/s1. The van der Waals surface area contributed by atoms with Crippen LogP contribution in [0.25, 0.3) is 0 Å². The van der Waals surface area contributed by atoms with Crippen LogP contribution < -0.4 is 11.1 Å². The molecule has 5 rings (SSSR count). The maximum atomic E-state index is 14.0. The lowest BCUT2D eigenvalue weighted by molar-refractivity contribution is -0.138. The van der Waals surface area contributed by atoms with E-state index in [0.29, 0.717) is 44.0 Å². The number of carbonyl (C=O) groups excluding carboxylic acids is 2. The van der Waals surface area contributed by atoms with Crippen molar-refractivity contribution in [2.45, 2.75) is 56.7 Å². The predicted molar refractivity (Wildman–Crippen MR) is 164 cm³/mol. The molecule has 3 N–H and O–H groups in total. The lowest BCUT2D eigenvalue weighted by Crippen LogP contribution is -2.54. The normalized spacial score (nSPS) is 15.2. The van der Waals surface area contributed by atoms with Gasteiger partial charge in [-0.3, -0.25) is 14.3 Å². The summed E-state index contributed by atoms with van der Waals surface area (Å²) in [5, 5.41) is 8.05. The minimum atomic E-state index is -0.678. The number of hydrogen-bond acceptors (Lipinski definition) is 5. The molecule has 1 atom stereocenters. The van der Waals surface area contributed by atoms with E-state index < -0.39 is 6.04 Å². The van der Waals surface area contributed by atoms with E-state index in [1.54, 1.807) is 12.7 Å². The Morgan fingerprint density at radius 2 is 1.64 bits per heavy atom. The number of nitrogens with zero attached hydrogens (tertiary/aromatic N) is 4. The molecule has 0 unspecified atom stereocenters. The van der Waals surface area contributed by atoms with Crippen LogP contribution in [0.15, 0.2) is 91.5 Å². The Labute approximate surface area is 251 Å². The highest BCUT2D eigenvalue weighted by atomic mass is 35.5. The van der Waals surface area contributed by atoms with Crippen molar-refractivity contribution < 1.29 is 9.59 Å². The van der Waals surface area contributed by atoms with E-state index in [1.165, 1.54) is 5.56 Å². The van der Waals surface area contributed by atoms with Gasteiger partial charge in [-0.1, -0.05) is 78.3 Å². The molecule has 8 nitrogen and oxygen atoms in total. The molecular weight excluding hydrogens is 548 g/mol. The van der Waals surface area contributed by atoms with Gasteiger partial charge in [-0.25, -0.2) is 4.98 Å². The van der Waals surface area contributed by atoms with Crippen molar-refractivity contribution in [3.05, 3.63) is 119 Å². The summed E-state index contributed by atoms with van der Waals surface area (Å²) in [6, 6.07) is 25.1. The Kier molecular flexibility index (Phi) is 9.66. The largest absolute Gasteiger partial charge is 0.344 e. The van der Waals surface area contributed by atoms with Crippen molar-refractivity contribution in [1.29, 1.82) is 0 Å². The van der Waals surface area contributed by atoms with Crippen molar-refractivity contribution in [1.82, 2.24) is 25.0 Å². The molecule has 1 fully saturated rings. The second-order valence-electron chi connectivity index (χ2n) is 11.0. The molecule has 2 heterocycles. The van der Waals surface area contributed by atoms with E-state index in [4.69, 9.17) is 17.3 Å². The number of aromatic nitrogens is 3. The molecule has 4 aromatic rings. The number of amides is 2. The topological polar surface area (TPSA) is 106 Å². The van der Waals surface area contributed by atoms with Gasteiger partial charge in [-0.05, 0) is 53.6 Å². The Balaban J connectivity index is 1.30. The van der Waals surface area contributed by atoms with Gasteiger partial charge in [0.1, 0.15) is 18.7 Å². The van der Waals surface area contributed by atoms with Crippen molar-refractivity contribution in [2.24, 2.45) is 5.73 Å². The molecule has 218 valence electrons. The van der Waals surface area contributed by atoms with E-state index in [0.717, 1.165) is 29.5 Å². The first-order valence-electron chi connectivity index (χ1n) is 14.4. The van der Waals surface area contributed by atoms with Gasteiger partial charge >= 0.3 is 0 Å². The average Bonchev–Trinajstić information content (AvgIpc) is 3.54. The molecule has 2 amide bonds. The smallest absolute Gasteiger partial charge is 0.245 e. The molecule has 3 aromatic carbocycles. The summed E-state index contributed by atoms with van der Waals surface area (Å²) in [5.74, 6) is -0.223. The van der Waals surface area contributed by atoms with E-state index in [9.17, 15) is 9.59 Å². The summed E-state index contributed by atoms with van der Waals surface area (Å²) in [6.45, 7) is 2.28. The Bertz CT molecular complexity index is 1450. The number of aryl methyl sites for hydroxylation is 1. The highest BCUT2D eigenvalue weighted by Crippen LogP contribution is 2.37. The number of hydrogen-bond donors (Lipinski definition) is 2. The molecule has 0 bridgehead atoms. The summed E-state index contributed by atoms with van der Waals surface area (Å²) in [4.78, 5) is 33.2. The zero-order valence-corrected chi connectivity index (χ0v) is 24.4. The number of piperidine rings is 1. The van der Waals surface area contributed by atoms with Gasteiger partial charge in [-0.15, -0.1) is 0 Å². The SMILES string of the molecule is NCc1ccccc1CCC(=O)N[C@H](Cc1ccc(Cl)cc1)C(=O)N1CCC(Cn2cncn2)(c2ccccc2)CC1. The number of carbonyl (C=O) groups is 2. The van der Waals surface area contributed by atoms with Gasteiger partial charge in [0.05, 0.1) is 6.54 Å². The van der Waals surface area contributed by atoms with Gasteiger partial charge in [0.15, 0.2) is 0 Å². The van der Waals surface area contributed by atoms with Crippen molar-refractivity contribution in [3.63, 3.8) is 0 Å². The summed E-state index contributed by atoms with van der Waals surface area (Å²) < 4.78 is 1.87. The fourth-order valence-electron chi connectivity index (χ4n) is 5.90. The van der Waals surface area contributed by atoms with Gasteiger partial charge in [0.2, 0.25) is 11.8 Å². The van der Waals surface area contributed by atoms with E-state index in [-0.39, 0.29) is 23.7 Å². The maximum Gasteiger partial charge on any atom is 0.245 e. The fraction of sp³-hybridized carbons (Fsp3) is 0.333. The number of halogens is 1. The minimum absolute atomic E-state index is 0.0666. The van der Waals surface area contributed by atoms with Crippen molar-refractivity contribution >= 4 is 23.4 Å². The van der Waals surface area contributed by atoms with Crippen LogP contribution in [0.3, 0.4) is 0 Å². The molecule has 1 aromatic heterocycles. The van der Waals surface area contributed by atoms with Crippen LogP contribution in [-0.4, -0.2) is 50.6 Å². The van der Waals surface area contributed by atoms with Gasteiger partial charge < -0.3 is 16.0 Å². The Hall–Kier alpha value is -4.01. The zero-order valence-electron chi connectivity index (χ0n) is 23.7. The summed E-state index contributed by atoms with van der Waals surface area (Å²) in [7, 11) is 0. The first kappa shape index (κ1) is 29.5. The van der Waals surface area contributed by atoms with Crippen molar-refractivity contribution in [3.8, 4) is 0 Å². The van der Waals surface area contributed by atoms with Crippen LogP contribution in [-0.2, 0) is 40.9 Å². The molecule has 1 saturated heterocycles. The number of nitrogens with two attached hydrogens (primary N) is 1. The van der Waals surface area contributed by atoms with Gasteiger partial charge in [-0.2, -0.15) is 5.10 Å². The quantitative estimate of drug-likeness (QED) is 0.273. The molecule has 1 aliphatic heterocycles. The van der Waals surface area contributed by atoms with E-state index >= 15 is 0 Å². The first-order chi connectivity index (χ1) is 20.5. The van der Waals surface area contributed by atoms with Crippen LogP contribution in [0, 0.1) is 0 Å². The molecule has 1 aliphatic rings. The molecule has 42 heavy (non-hydrogen) atoms. The molecule has 0 spiro atoms. The number of rotatable bonds is 11. The lowest BCUT2D eigenvalue weighted by Gasteiger charge is -2.43. The predicted octanol–water partition coefficient (Wildman–Crippen LogP) is 4.31. The number of likely N-dealkylation sites (tertiary alicyclic amines) is 1. The van der Waals surface area contributed by atoms with E-state index in [2.05, 4.69) is 39.7 Å². The summed E-state index contributed by atoms with van der Waals surface area (Å²) in [5.41, 5.74) is 9.96. The van der Waals surface area contributed by atoms with E-state index in [1.807, 2.05) is 64.2 Å². The molecule has 0 aliphatic carbocycles. The summed E-state index contributed by atoms with van der Waals surface area (Å²) >= 11 is 6.11. The Morgan fingerprint density at radius 1 is 0.952 bits per heavy atom. The lowest BCUT2D eigenvalue weighted by atomic mass is 9.72. The van der Waals surface area contributed by atoms with Crippen LogP contribution in [0.4, 0.5) is 0 Å². The van der Waals surface area contributed by atoms with Crippen LogP contribution in [0.5, 0.6) is 0 Å². The maximum absolute atomic E-state index is 14.0. The fourth-order valence-corrected chi connectivity index (χ4v) is 6.03. The van der Waals surface area contributed by atoms with Crippen molar-refractivity contribution in [2.75, 3.05) is 13.1 Å². The monoisotopic (exact) mass is 584 g/mol. The molecule has 0 saturated carbocycles. The second kappa shape index (κ2) is 13.8. The number of nitrogens with one attached hydrogen (secondary N) is 1. The van der Waals surface area contributed by atoms with Gasteiger partial charge in [0.25, 0.3) is 0 Å². The molecule has 0 radical (unpaired) electrons. The zero-order chi connectivity index (χ0) is 29.4. The van der Waals surface area contributed by atoms with Gasteiger partial charge in [0, 0.05) is 42.9 Å². The third-order valence-corrected chi connectivity index (χ3v) is 8.55. The number of benzene rings is 3. The minimum Gasteiger partial charge on any atom is -0.344 e. The van der Waals surface area contributed by atoms with Crippen LogP contribution >= 0.6 is 11.6 Å². The molecule has 9 heteroatoms.